The summed E-state index contributed by atoms with van der Waals surface area (Å²) < 4.78 is 13.0. The first-order valence-corrected chi connectivity index (χ1v) is 25.3. The highest BCUT2D eigenvalue weighted by Gasteiger charge is 2.38. The second-order valence-corrected chi connectivity index (χ2v) is 19.4. The lowest BCUT2D eigenvalue weighted by molar-refractivity contribution is 0.547. The Balaban J connectivity index is 0.867. The van der Waals surface area contributed by atoms with Crippen LogP contribution in [0.2, 0.25) is 0 Å². The quantitative estimate of drug-likeness (QED) is 0.140. The van der Waals surface area contributed by atoms with Crippen LogP contribution in [0.4, 0.5) is 22.7 Å². The van der Waals surface area contributed by atoms with Gasteiger partial charge in [-0.3, -0.25) is 0 Å². The molecule has 2 heterocycles. The topological polar surface area (TPSA) is 41.5 Å². The van der Waals surface area contributed by atoms with Crippen LogP contribution in [0, 0.1) is 0 Å². The van der Waals surface area contributed by atoms with Gasteiger partial charge in [0.1, 0.15) is 22.5 Å². The van der Waals surface area contributed by atoms with Crippen molar-refractivity contribution in [2.75, 3.05) is 10.2 Å². The van der Waals surface area contributed by atoms with Gasteiger partial charge in [0.15, 0.2) is 0 Å². The lowest BCUT2D eigenvalue weighted by Gasteiger charge is -2.41. The normalized spacial score (nSPS) is 16.1. The van der Waals surface area contributed by atoms with Crippen molar-refractivity contribution in [2.45, 2.75) is 31.2 Å². The average molecular weight is 941 g/mol. The van der Waals surface area contributed by atoms with E-state index in [1.165, 1.54) is 22.1 Å². The number of hydrogen-bond donors (Lipinski definition) is 1. The third kappa shape index (κ3) is 7.89. The van der Waals surface area contributed by atoms with Gasteiger partial charge in [0.05, 0.1) is 5.54 Å². The number of aryl methyl sites for hydroxylation is 1. The summed E-state index contributed by atoms with van der Waals surface area (Å²) in [4.78, 5) is 2.34. The van der Waals surface area contributed by atoms with E-state index in [9.17, 15) is 0 Å². The number of hydrogen-bond acceptors (Lipinski definition) is 4. The minimum absolute atomic E-state index is 0.00529. The van der Waals surface area contributed by atoms with E-state index in [1.807, 2.05) is 12.1 Å². The summed E-state index contributed by atoms with van der Waals surface area (Å²) >= 11 is 0. The van der Waals surface area contributed by atoms with Gasteiger partial charge in [-0.05, 0) is 112 Å². The van der Waals surface area contributed by atoms with Crippen LogP contribution in [0.5, 0.6) is 0 Å². The maximum atomic E-state index is 6.56. The maximum absolute atomic E-state index is 6.56. The largest absolute Gasteiger partial charge is 0.460 e. The molecule has 2 aliphatic rings. The van der Waals surface area contributed by atoms with Crippen molar-refractivity contribution in [1.82, 2.24) is 0 Å². The molecule has 2 atom stereocenters. The van der Waals surface area contributed by atoms with Crippen molar-refractivity contribution in [1.29, 1.82) is 0 Å². The molecule has 0 amide bonds. The molecule has 1 unspecified atom stereocenters. The zero-order valence-electron chi connectivity index (χ0n) is 40.6. The van der Waals surface area contributed by atoms with Gasteiger partial charge in [-0.1, -0.05) is 201 Å². The van der Waals surface area contributed by atoms with Gasteiger partial charge in [-0.15, -0.1) is 0 Å². The fourth-order valence-electron chi connectivity index (χ4n) is 11.4. The molecule has 2 aliphatic carbocycles. The van der Waals surface area contributed by atoms with Gasteiger partial charge in [0.2, 0.25) is 0 Å². The molecule has 0 fully saturated rings. The van der Waals surface area contributed by atoms with Crippen LogP contribution >= 0.6 is 0 Å². The van der Waals surface area contributed by atoms with Gasteiger partial charge < -0.3 is 19.1 Å². The van der Waals surface area contributed by atoms with Gasteiger partial charge in [-0.2, -0.15) is 0 Å². The number of anilines is 4. The smallest absolute Gasteiger partial charge is 0.143 e. The van der Waals surface area contributed by atoms with Crippen molar-refractivity contribution < 1.29 is 8.83 Å². The Morgan fingerprint density at radius 1 is 0.548 bits per heavy atom. The molecule has 73 heavy (non-hydrogen) atoms. The SMILES string of the molecule is C=C(C1=CC=CC(C)(Nc2ccccc2)[C@H]1c1ccccc1)c1ccccc1-c1ccc(N(c2ccc(-c3cccc4c5c(oc34)CCC=C5)cc2)c2ccc(-c3cccc4c3oc3ccccc34)cc2)cc1. The summed E-state index contributed by atoms with van der Waals surface area (Å²) in [6, 6.07) is 77.9. The second-order valence-electron chi connectivity index (χ2n) is 19.4. The summed E-state index contributed by atoms with van der Waals surface area (Å²) in [7, 11) is 0. The van der Waals surface area contributed by atoms with Crippen LogP contribution in [0.3, 0.4) is 0 Å². The number of para-hydroxylation sites is 4. The van der Waals surface area contributed by atoms with E-state index in [0.717, 1.165) is 113 Å². The third-order valence-corrected chi connectivity index (χ3v) is 14.9. The van der Waals surface area contributed by atoms with Crippen LogP contribution in [0.25, 0.3) is 77.9 Å². The third-order valence-electron chi connectivity index (χ3n) is 14.9. The van der Waals surface area contributed by atoms with Crippen LogP contribution in [0.15, 0.2) is 264 Å². The van der Waals surface area contributed by atoms with Crippen molar-refractivity contribution in [2.24, 2.45) is 0 Å². The summed E-state index contributed by atoms with van der Waals surface area (Å²) in [6.07, 6.45) is 13.1. The van der Waals surface area contributed by atoms with E-state index in [1.54, 1.807) is 0 Å². The molecule has 2 aromatic heterocycles. The molecule has 1 N–H and O–H groups in total. The number of rotatable bonds is 11. The minimum Gasteiger partial charge on any atom is -0.460 e. The van der Waals surface area contributed by atoms with Crippen LogP contribution in [-0.4, -0.2) is 5.54 Å². The lowest BCUT2D eigenvalue weighted by Crippen LogP contribution is -2.41. The van der Waals surface area contributed by atoms with Crippen molar-refractivity contribution in [3.8, 4) is 33.4 Å². The number of benzene rings is 9. The van der Waals surface area contributed by atoms with Crippen LogP contribution in [-0.2, 0) is 6.42 Å². The van der Waals surface area contributed by atoms with Crippen LogP contribution in [0.1, 0.15) is 41.7 Å². The number of allylic oxidation sites excluding steroid dienone is 4. The average Bonchev–Trinajstić information content (AvgIpc) is 4.03. The molecule has 0 spiro atoms. The standard InChI is InChI=1S/C69H52N2O2/c1-46(56-30-17-45-69(2,70-51-20-7-4-8-21-51)66(56)50-18-5-3-6-19-50)55-22-9-10-23-57(55)47-33-39-52(40-34-47)71(53-41-35-48(36-42-53)58-26-15-28-62-60-24-11-13-31-64(60)72-67(58)62)54-43-37-49(38-44-54)59-27-16-29-63-61-25-12-14-32-65(61)73-68(59)63/h3-13,15-31,33-45,66,70H,1,14,32H2,2H3/t66-,69?/m0/s1. The molecule has 350 valence electrons. The molecule has 4 nitrogen and oxygen atoms in total. The highest BCUT2D eigenvalue weighted by atomic mass is 16.3. The summed E-state index contributed by atoms with van der Waals surface area (Å²) in [5.41, 5.74) is 18.8. The first kappa shape index (κ1) is 43.9. The zero-order valence-corrected chi connectivity index (χ0v) is 40.6. The van der Waals surface area contributed by atoms with Crippen molar-refractivity contribution in [3.63, 3.8) is 0 Å². The first-order valence-electron chi connectivity index (χ1n) is 25.3. The summed E-state index contributed by atoms with van der Waals surface area (Å²) in [5, 5.41) is 7.31. The number of nitrogens with zero attached hydrogens (tertiary/aromatic N) is 1. The van der Waals surface area contributed by atoms with Crippen molar-refractivity contribution >= 4 is 67.3 Å². The number of fused-ring (bicyclic) bond motifs is 6. The molecule has 11 aromatic rings. The Bertz CT molecular complexity index is 3950. The first-order chi connectivity index (χ1) is 36.0. The maximum Gasteiger partial charge on any atom is 0.143 e. The lowest BCUT2D eigenvalue weighted by atomic mass is 9.69. The Labute approximate surface area is 426 Å². The van der Waals surface area contributed by atoms with E-state index in [4.69, 9.17) is 15.4 Å². The highest BCUT2D eigenvalue weighted by Crippen LogP contribution is 2.48. The van der Waals surface area contributed by atoms with E-state index in [0.29, 0.717) is 0 Å². The molecule has 0 radical (unpaired) electrons. The fraction of sp³-hybridized carbons (Fsp3) is 0.0725. The summed E-state index contributed by atoms with van der Waals surface area (Å²) in [6.45, 7) is 7.16. The van der Waals surface area contributed by atoms with E-state index in [2.05, 4.69) is 254 Å². The molecular formula is C69H52N2O2. The van der Waals surface area contributed by atoms with E-state index < -0.39 is 5.54 Å². The summed E-state index contributed by atoms with van der Waals surface area (Å²) in [5.74, 6) is 1.07. The van der Waals surface area contributed by atoms with Gasteiger partial charge in [0, 0.05) is 67.9 Å². The molecule has 9 aromatic carbocycles. The number of furan rings is 2. The molecule has 0 saturated heterocycles. The Hall–Kier alpha value is -9.12. The van der Waals surface area contributed by atoms with E-state index in [-0.39, 0.29) is 5.92 Å². The van der Waals surface area contributed by atoms with Crippen molar-refractivity contribution in [3.05, 3.63) is 277 Å². The highest BCUT2D eigenvalue weighted by molar-refractivity contribution is 6.09. The predicted molar refractivity (Wildman–Crippen MR) is 306 cm³/mol. The Morgan fingerprint density at radius 2 is 1.10 bits per heavy atom. The fourth-order valence-corrected chi connectivity index (χ4v) is 11.4. The Kier molecular flexibility index (Phi) is 11.0. The van der Waals surface area contributed by atoms with Gasteiger partial charge in [-0.25, -0.2) is 0 Å². The molecule has 4 heteroatoms. The Morgan fingerprint density at radius 3 is 1.78 bits per heavy atom. The predicted octanol–water partition coefficient (Wildman–Crippen LogP) is 18.9. The van der Waals surface area contributed by atoms with E-state index >= 15 is 0 Å². The molecule has 13 rings (SSSR count). The van der Waals surface area contributed by atoms with Gasteiger partial charge >= 0.3 is 0 Å². The molecule has 0 saturated carbocycles. The zero-order chi connectivity index (χ0) is 48.9. The molecular weight excluding hydrogens is 889 g/mol. The number of nitrogens with one attached hydrogen (secondary N) is 1. The van der Waals surface area contributed by atoms with Gasteiger partial charge in [0.25, 0.3) is 0 Å². The molecule has 0 bridgehead atoms. The molecule has 0 aliphatic heterocycles. The monoisotopic (exact) mass is 940 g/mol. The minimum atomic E-state index is -0.421. The van der Waals surface area contributed by atoms with Crippen LogP contribution < -0.4 is 10.2 Å². The second kappa shape index (κ2) is 18.2.